The summed E-state index contributed by atoms with van der Waals surface area (Å²) in [5.41, 5.74) is 9.22. The van der Waals surface area contributed by atoms with Crippen molar-refractivity contribution in [1.29, 1.82) is 0 Å². The fourth-order valence-electron chi connectivity index (χ4n) is 6.80. The van der Waals surface area contributed by atoms with E-state index in [1.165, 1.54) is 11.6 Å². The van der Waals surface area contributed by atoms with E-state index in [4.69, 9.17) is 16.3 Å². The van der Waals surface area contributed by atoms with Gasteiger partial charge in [0.1, 0.15) is 5.75 Å². The summed E-state index contributed by atoms with van der Waals surface area (Å²) in [7, 11) is -2.11. The second-order valence-corrected chi connectivity index (χ2v) is 14.8. The molecule has 0 saturated carbocycles. The first-order valence-electron chi connectivity index (χ1n) is 16.4. The normalized spacial score (nSPS) is 11.8. The lowest BCUT2D eigenvalue weighted by atomic mass is 9.98. The van der Waals surface area contributed by atoms with Crippen LogP contribution in [0.3, 0.4) is 0 Å². The number of rotatable bonds is 11. The van der Waals surface area contributed by atoms with Crippen LogP contribution in [0.15, 0.2) is 77.7 Å². The van der Waals surface area contributed by atoms with Crippen LogP contribution < -0.4 is 9.46 Å². The smallest absolute Gasteiger partial charge is 0.264 e. The number of aromatic nitrogens is 3. The Morgan fingerprint density at radius 3 is 2.31 bits per heavy atom. The van der Waals surface area contributed by atoms with Crippen LogP contribution in [0.1, 0.15) is 46.6 Å². The number of fused-ring (bicyclic) bond motifs is 2. The van der Waals surface area contributed by atoms with Crippen molar-refractivity contribution in [2.75, 3.05) is 6.61 Å². The van der Waals surface area contributed by atoms with Gasteiger partial charge in [0.25, 0.3) is 10.0 Å². The Bertz CT molecular complexity index is 2320. The largest absolute Gasteiger partial charge is 0.494 e. The maximum atomic E-state index is 13.3. The molecule has 0 saturated heterocycles. The van der Waals surface area contributed by atoms with Crippen molar-refractivity contribution in [3.05, 3.63) is 112 Å². The van der Waals surface area contributed by atoms with E-state index in [0.717, 1.165) is 84.6 Å². The molecule has 0 fully saturated rings. The molecule has 49 heavy (non-hydrogen) atoms. The van der Waals surface area contributed by atoms with Crippen LogP contribution in [-0.4, -0.2) is 35.3 Å². The Morgan fingerprint density at radius 2 is 1.61 bits per heavy atom. The molecule has 6 rings (SSSR count). The zero-order chi connectivity index (χ0) is 35.0. The first-order valence-corrected chi connectivity index (χ1v) is 18.3. The first kappa shape index (κ1) is 34.3. The molecule has 4 aromatic carbocycles. The van der Waals surface area contributed by atoms with Crippen LogP contribution in [0, 0.1) is 34.6 Å². The van der Waals surface area contributed by atoms with Crippen molar-refractivity contribution in [2.45, 2.75) is 65.3 Å². The zero-order valence-electron chi connectivity index (χ0n) is 28.7. The molecule has 8 nitrogen and oxygen atoms in total. The monoisotopic (exact) mass is 696 g/mol. The number of nitrogens with one attached hydrogen (secondary N) is 1. The van der Waals surface area contributed by atoms with Crippen molar-refractivity contribution in [3.8, 4) is 16.9 Å². The van der Waals surface area contributed by atoms with Gasteiger partial charge in [-0.1, -0.05) is 60.1 Å². The number of carbonyl (C=O) groups is 1. The lowest BCUT2D eigenvalue weighted by Crippen LogP contribution is -2.31. The lowest BCUT2D eigenvalue weighted by molar-refractivity contribution is -0.119. The third-order valence-electron chi connectivity index (χ3n) is 9.34. The number of hydrogen-bond donors (Lipinski definition) is 1. The van der Waals surface area contributed by atoms with Crippen LogP contribution >= 0.6 is 11.6 Å². The van der Waals surface area contributed by atoms with Gasteiger partial charge in [0.2, 0.25) is 5.91 Å². The standard InChI is InChI=1S/C39H41ClN4O4S/c1-24-21-31(22-25(2)38(24)40)48-20-10-15-33-27(4)44(39-34(33)13-9-14-35(39)37-26(3)41-43(6)28(37)5)19-18-36(45)42-49(46,47)32-17-16-29-11-7-8-12-30(29)23-32/h7-9,11-14,16-17,21-23H,10,15,18-20H2,1-6H3,(H,42,45). The van der Waals surface area contributed by atoms with Crippen molar-refractivity contribution in [3.63, 3.8) is 0 Å². The van der Waals surface area contributed by atoms with E-state index < -0.39 is 15.9 Å². The minimum absolute atomic E-state index is 0.0193. The molecular weight excluding hydrogens is 656 g/mol. The predicted molar refractivity (Wildman–Crippen MR) is 197 cm³/mol. The number of ether oxygens (including phenoxy) is 1. The summed E-state index contributed by atoms with van der Waals surface area (Å²) in [5.74, 6) is 0.233. The minimum Gasteiger partial charge on any atom is -0.494 e. The maximum absolute atomic E-state index is 13.3. The Morgan fingerprint density at radius 1 is 0.898 bits per heavy atom. The molecular formula is C39H41ClN4O4S. The number of halogens is 1. The van der Waals surface area contributed by atoms with E-state index >= 15 is 0 Å². The molecule has 2 heterocycles. The van der Waals surface area contributed by atoms with Crippen molar-refractivity contribution in [1.82, 2.24) is 19.1 Å². The molecule has 0 aliphatic rings. The average molecular weight is 697 g/mol. The molecule has 0 atom stereocenters. The highest BCUT2D eigenvalue weighted by atomic mass is 35.5. The number of aryl methyl sites for hydroxylation is 6. The van der Waals surface area contributed by atoms with Crippen molar-refractivity contribution in [2.24, 2.45) is 7.05 Å². The highest BCUT2D eigenvalue weighted by Gasteiger charge is 2.23. The summed E-state index contributed by atoms with van der Waals surface area (Å²) < 4.78 is 38.9. The number of carbonyl (C=O) groups excluding carboxylic acids is 1. The molecule has 0 bridgehead atoms. The maximum Gasteiger partial charge on any atom is 0.264 e. The summed E-state index contributed by atoms with van der Waals surface area (Å²) in [4.78, 5) is 13.3. The molecule has 254 valence electrons. The summed E-state index contributed by atoms with van der Waals surface area (Å²) in [6.45, 7) is 10.9. The van der Waals surface area contributed by atoms with Gasteiger partial charge in [-0.15, -0.1) is 0 Å². The minimum atomic E-state index is -4.05. The summed E-state index contributed by atoms with van der Waals surface area (Å²) >= 11 is 6.35. The van der Waals surface area contributed by atoms with Gasteiger partial charge >= 0.3 is 0 Å². The topological polar surface area (TPSA) is 95.2 Å². The van der Waals surface area contributed by atoms with Gasteiger partial charge in [0, 0.05) is 52.9 Å². The molecule has 0 spiro atoms. The van der Waals surface area contributed by atoms with Gasteiger partial charge in [-0.25, -0.2) is 13.1 Å². The van der Waals surface area contributed by atoms with Crippen LogP contribution in [0.5, 0.6) is 5.75 Å². The Kier molecular flexibility index (Phi) is 9.60. The number of amides is 1. The third kappa shape index (κ3) is 6.82. The Labute approximate surface area is 292 Å². The van der Waals surface area contributed by atoms with Crippen LogP contribution in [0.25, 0.3) is 32.8 Å². The summed E-state index contributed by atoms with van der Waals surface area (Å²) in [6, 6.07) is 22.6. The van der Waals surface area contributed by atoms with Crippen LogP contribution in [0.2, 0.25) is 5.02 Å². The zero-order valence-corrected chi connectivity index (χ0v) is 30.3. The molecule has 0 aliphatic heterocycles. The highest BCUT2D eigenvalue weighted by Crippen LogP contribution is 2.38. The second-order valence-electron chi connectivity index (χ2n) is 12.7. The van der Waals surface area contributed by atoms with Gasteiger partial charge in [-0.3, -0.25) is 9.48 Å². The van der Waals surface area contributed by atoms with E-state index in [0.29, 0.717) is 13.2 Å². The van der Waals surface area contributed by atoms with E-state index in [-0.39, 0.29) is 11.3 Å². The molecule has 0 radical (unpaired) electrons. The second kappa shape index (κ2) is 13.7. The molecule has 1 amide bonds. The molecule has 2 aromatic heterocycles. The van der Waals surface area contributed by atoms with E-state index in [1.54, 1.807) is 12.1 Å². The van der Waals surface area contributed by atoms with Crippen LogP contribution in [0.4, 0.5) is 0 Å². The Balaban J connectivity index is 1.28. The van der Waals surface area contributed by atoms with E-state index in [2.05, 4.69) is 46.4 Å². The third-order valence-corrected chi connectivity index (χ3v) is 11.3. The number of para-hydroxylation sites is 1. The fraction of sp³-hybridized carbons (Fsp3) is 0.282. The predicted octanol–water partition coefficient (Wildman–Crippen LogP) is 8.30. The van der Waals surface area contributed by atoms with Crippen molar-refractivity contribution >= 4 is 49.2 Å². The summed E-state index contributed by atoms with van der Waals surface area (Å²) in [6.07, 6.45) is 1.52. The summed E-state index contributed by atoms with van der Waals surface area (Å²) in [5, 5.41) is 8.24. The molecule has 10 heteroatoms. The van der Waals surface area contributed by atoms with Gasteiger partial charge in [0.05, 0.1) is 22.7 Å². The van der Waals surface area contributed by atoms with Gasteiger partial charge in [-0.2, -0.15) is 5.10 Å². The van der Waals surface area contributed by atoms with E-state index in [1.807, 2.05) is 68.9 Å². The quantitative estimate of drug-likeness (QED) is 0.138. The number of hydrogen-bond acceptors (Lipinski definition) is 5. The van der Waals surface area contributed by atoms with Gasteiger partial charge < -0.3 is 9.30 Å². The van der Waals surface area contributed by atoms with Gasteiger partial charge in [0.15, 0.2) is 0 Å². The fourth-order valence-corrected chi connectivity index (χ4v) is 7.96. The van der Waals surface area contributed by atoms with Gasteiger partial charge in [-0.05, 0) is 99.2 Å². The highest BCUT2D eigenvalue weighted by molar-refractivity contribution is 7.90. The SMILES string of the molecule is Cc1cc(OCCCc2c(C)n(CCC(=O)NS(=O)(=O)c3ccc4ccccc4c3)c3c(-c4c(C)nn(C)c4C)cccc23)cc(C)c1Cl. The molecule has 0 aliphatic carbocycles. The number of nitrogens with zero attached hydrogens (tertiary/aromatic N) is 3. The molecule has 1 N–H and O–H groups in total. The molecule has 0 unspecified atom stereocenters. The van der Waals surface area contributed by atoms with Crippen molar-refractivity contribution < 1.29 is 17.9 Å². The van der Waals surface area contributed by atoms with E-state index in [9.17, 15) is 13.2 Å². The van der Waals surface area contributed by atoms with Crippen LogP contribution in [-0.2, 0) is 34.8 Å². The Hall–Kier alpha value is -4.60. The number of sulfonamides is 1. The molecule has 6 aromatic rings. The first-order chi connectivity index (χ1) is 23.4. The number of benzene rings is 4. The lowest BCUT2D eigenvalue weighted by Gasteiger charge is -2.13. The average Bonchev–Trinajstić information content (AvgIpc) is 3.49.